The molecule has 0 radical (unpaired) electrons. The molecule has 3 rings (SSSR count). The summed E-state index contributed by atoms with van der Waals surface area (Å²) >= 11 is 0. The summed E-state index contributed by atoms with van der Waals surface area (Å²) in [6.45, 7) is 9.56. The largest absolute Gasteiger partial charge is 0.379 e. The molecule has 2 aliphatic heterocycles. The molecule has 5 nitrogen and oxygen atoms in total. The lowest BCUT2D eigenvalue weighted by atomic mass is 9.79. The maximum Gasteiger partial charge on any atom is 0.224 e. The van der Waals surface area contributed by atoms with Crippen LogP contribution in [0.3, 0.4) is 0 Å². The lowest BCUT2D eigenvalue weighted by Gasteiger charge is -2.46. The molecule has 2 heterocycles. The van der Waals surface area contributed by atoms with Crippen LogP contribution in [0.2, 0.25) is 0 Å². The quantitative estimate of drug-likeness (QED) is 0.857. The minimum atomic E-state index is 0.0235. The summed E-state index contributed by atoms with van der Waals surface area (Å²) in [5, 5.41) is 0. The molecule has 0 aromatic carbocycles. The van der Waals surface area contributed by atoms with Crippen molar-refractivity contribution in [3.8, 4) is 0 Å². The minimum Gasteiger partial charge on any atom is -0.379 e. The van der Waals surface area contributed by atoms with E-state index in [9.17, 15) is 4.79 Å². The summed E-state index contributed by atoms with van der Waals surface area (Å²) in [5.41, 5.74) is 6.33. The molecule has 1 atom stereocenters. The van der Waals surface area contributed by atoms with E-state index in [1.165, 1.54) is 12.8 Å². The van der Waals surface area contributed by atoms with Gasteiger partial charge in [-0.2, -0.15) is 0 Å². The number of amides is 1. The lowest BCUT2D eigenvalue weighted by Crippen LogP contribution is -2.57. The van der Waals surface area contributed by atoms with Crippen LogP contribution in [0.15, 0.2) is 0 Å². The van der Waals surface area contributed by atoms with Gasteiger partial charge in [-0.1, -0.05) is 26.7 Å². The smallest absolute Gasteiger partial charge is 0.224 e. The Morgan fingerprint density at radius 3 is 2.43 bits per heavy atom. The topological polar surface area (TPSA) is 58.8 Å². The summed E-state index contributed by atoms with van der Waals surface area (Å²) < 4.78 is 5.51. The SMILES string of the molecule is CC1(C)CN(C(=O)CC2(N3CCOCC3)CCCC2)CCC1N. The van der Waals surface area contributed by atoms with E-state index >= 15 is 0 Å². The van der Waals surface area contributed by atoms with E-state index in [1.807, 2.05) is 0 Å². The molecule has 3 fully saturated rings. The highest BCUT2D eigenvalue weighted by Crippen LogP contribution is 2.39. The third kappa shape index (κ3) is 3.57. The van der Waals surface area contributed by atoms with E-state index in [0.717, 1.165) is 58.7 Å². The van der Waals surface area contributed by atoms with Gasteiger partial charge in [0.1, 0.15) is 0 Å². The average molecular weight is 323 g/mol. The van der Waals surface area contributed by atoms with Gasteiger partial charge in [-0.05, 0) is 24.7 Å². The van der Waals surface area contributed by atoms with Crippen molar-refractivity contribution in [2.45, 2.75) is 64.0 Å². The number of nitrogens with zero attached hydrogens (tertiary/aromatic N) is 2. The van der Waals surface area contributed by atoms with E-state index in [4.69, 9.17) is 10.5 Å². The first-order chi connectivity index (χ1) is 10.9. The monoisotopic (exact) mass is 323 g/mol. The Kier molecular flexibility index (Phi) is 5.00. The van der Waals surface area contributed by atoms with Crippen molar-refractivity contribution in [2.24, 2.45) is 11.1 Å². The average Bonchev–Trinajstić information content (AvgIpc) is 3.00. The molecule has 1 aliphatic carbocycles. The zero-order chi connectivity index (χ0) is 16.5. The number of rotatable bonds is 3. The maximum atomic E-state index is 13.0. The highest BCUT2D eigenvalue weighted by molar-refractivity contribution is 5.77. The zero-order valence-corrected chi connectivity index (χ0v) is 14.9. The summed E-state index contributed by atoms with van der Waals surface area (Å²) in [5.74, 6) is 0.332. The second-order valence-electron chi connectivity index (χ2n) is 8.41. The van der Waals surface area contributed by atoms with Gasteiger partial charge in [-0.25, -0.2) is 0 Å². The molecule has 23 heavy (non-hydrogen) atoms. The number of ether oxygens (including phenoxy) is 1. The first-order valence-corrected chi connectivity index (χ1v) is 9.29. The molecule has 5 heteroatoms. The van der Waals surface area contributed by atoms with Crippen LogP contribution in [0.1, 0.15) is 52.4 Å². The van der Waals surface area contributed by atoms with Crippen molar-refractivity contribution in [3.63, 3.8) is 0 Å². The fraction of sp³-hybridized carbons (Fsp3) is 0.944. The van der Waals surface area contributed by atoms with Crippen molar-refractivity contribution >= 4 is 5.91 Å². The number of carbonyl (C=O) groups excluding carboxylic acids is 1. The zero-order valence-electron chi connectivity index (χ0n) is 14.9. The number of carbonyl (C=O) groups is 1. The van der Waals surface area contributed by atoms with Gasteiger partial charge < -0.3 is 15.4 Å². The van der Waals surface area contributed by atoms with E-state index < -0.39 is 0 Å². The van der Waals surface area contributed by atoms with Crippen LogP contribution in [-0.4, -0.2) is 66.7 Å². The molecule has 1 unspecified atom stereocenters. The van der Waals surface area contributed by atoms with E-state index in [0.29, 0.717) is 12.3 Å². The fourth-order valence-corrected chi connectivity index (χ4v) is 4.66. The normalized spacial score (nSPS) is 31.3. The van der Waals surface area contributed by atoms with Crippen LogP contribution < -0.4 is 5.73 Å². The van der Waals surface area contributed by atoms with Gasteiger partial charge in [-0.3, -0.25) is 9.69 Å². The Morgan fingerprint density at radius 2 is 1.83 bits per heavy atom. The Bertz CT molecular complexity index is 426. The van der Waals surface area contributed by atoms with Crippen molar-refractivity contribution in [2.75, 3.05) is 39.4 Å². The molecule has 1 saturated carbocycles. The number of nitrogens with two attached hydrogens (primary N) is 1. The van der Waals surface area contributed by atoms with Gasteiger partial charge in [0.25, 0.3) is 0 Å². The Morgan fingerprint density at radius 1 is 1.17 bits per heavy atom. The first-order valence-electron chi connectivity index (χ1n) is 9.29. The fourth-order valence-electron chi connectivity index (χ4n) is 4.66. The van der Waals surface area contributed by atoms with Crippen molar-refractivity contribution in [1.82, 2.24) is 9.80 Å². The molecular weight excluding hydrogens is 290 g/mol. The molecule has 2 N–H and O–H groups in total. The van der Waals surface area contributed by atoms with Crippen LogP contribution in [0.4, 0.5) is 0 Å². The number of likely N-dealkylation sites (tertiary alicyclic amines) is 1. The van der Waals surface area contributed by atoms with Gasteiger partial charge in [0.05, 0.1) is 13.2 Å². The Hall–Kier alpha value is -0.650. The predicted molar refractivity (Wildman–Crippen MR) is 91.2 cm³/mol. The van der Waals surface area contributed by atoms with Gasteiger partial charge in [0, 0.05) is 44.2 Å². The molecule has 0 aromatic rings. The summed E-state index contributed by atoms with van der Waals surface area (Å²) in [6.07, 6.45) is 6.43. The van der Waals surface area contributed by atoms with Crippen LogP contribution in [-0.2, 0) is 9.53 Å². The molecule has 0 aromatic heterocycles. The van der Waals surface area contributed by atoms with Gasteiger partial charge in [0.15, 0.2) is 0 Å². The van der Waals surface area contributed by atoms with E-state index in [1.54, 1.807) is 0 Å². The Labute approximate surface area is 140 Å². The summed E-state index contributed by atoms with van der Waals surface area (Å²) in [7, 11) is 0. The number of morpholine rings is 1. The van der Waals surface area contributed by atoms with Crippen LogP contribution in [0.5, 0.6) is 0 Å². The third-order valence-corrected chi connectivity index (χ3v) is 6.36. The number of hydrogen-bond acceptors (Lipinski definition) is 4. The van der Waals surface area contributed by atoms with Gasteiger partial charge >= 0.3 is 0 Å². The van der Waals surface area contributed by atoms with Crippen LogP contribution in [0, 0.1) is 5.41 Å². The molecular formula is C18H33N3O2. The minimum absolute atomic E-state index is 0.0235. The second-order valence-corrected chi connectivity index (χ2v) is 8.41. The van der Waals surface area contributed by atoms with Crippen LogP contribution in [0.25, 0.3) is 0 Å². The standard InChI is InChI=1S/C18H33N3O2/c1-17(2)14-20(8-5-15(17)19)16(22)13-18(6-3-4-7-18)21-9-11-23-12-10-21/h15H,3-14,19H2,1-2H3. The highest BCUT2D eigenvalue weighted by atomic mass is 16.5. The van der Waals surface area contributed by atoms with E-state index in [2.05, 4.69) is 23.6 Å². The summed E-state index contributed by atoms with van der Waals surface area (Å²) in [4.78, 5) is 17.6. The Balaban J connectivity index is 1.67. The number of piperidine rings is 1. The van der Waals surface area contributed by atoms with Gasteiger partial charge in [0.2, 0.25) is 5.91 Å². The maximum absolute atomic E-state index is 13.0. The molecule has 132 valence electrons. The van der Waals surface area contributed by atoms with Crippen LogP contribution >= 0.6 is 0 Å². The lowest BCUT2D eigenvalue weighted by molar-refractivity contribution is -0.139. The molecule has 1 amide bonds. The third-order valence-electron chi connectivity index (χ3n) is 6.36. The van der Waals surface area contributed by atoms with Gasteiger partial charge in [-0.15, -0.1) is 0 Å². The summed E-state index contributed by atoms with van der Waals surface area (Å²) in [6, 6.07) is 0.200. The molecule has 2 saturated heterocycles. The molecule has 3 aliphatic rings. The molecule has 0 bridgehead atoms. The predicted octanol–water partition coefficient (Wildman–Crippen LogP) is 1.61. The second kappa shape index (κ2) is 6.69. The highest BCUT2D eigenvalue weighted by Gasteiger charge is 2.44. The van der Waals surface area contributed by atoms with E-state index in [-0.39, 0.29) is 17.0 Å². The number of hydrogen-bond donors (Lipinski definition) is 1. The first kappa shape index (κ1) is 17.2. The van der Waals surface area contributed by atoms with Crippen molar-refractivity contribution in [3.05, 3.63) is 0 Å². The molecule has 0 spiro atoms. The van der Waals surface area contributed by atoms with Crippen molar-refractivity contribution < 1.29 is 9.53 Å². The van der Waals surface area contributed by atoms with Crippen molar-refractivity contribution in [1.29, 1.82) is 0 Å².